The van der Waals surface area contributed by atoms with Crippen LogP contribution in [0.3, 0.4) is 0 Å². The minimum absolute atomic E-state index is 0.105. The molecule has 0 saturated carbocycles. The first-order valence-electron chi connectivity index (χ1n) is 5.07. The number of benzene rings is 1. The van der Waals surface area contributed by atoms with Crippen molar-refractivity contribution in [3.63, 3.8) is 0 Å². The van der Waals surface area contributed by atoms with Crippen LogP contribution in [0.15, 0.2) is 18.2 Å². The van der Waals surface area contributed by atoms with E-state index in [1.54, 1.807) is 23.9 Å². The van der Waals surface area contributed by atoms with Crippen LogP contribution in [0.2, 0.25) is 0 Å². The number of aromatic hydroxyl groups is 1. The van der Waals surface area contributed by atoms with Gasteiger partial charge < -0.3 is 20.3 Å². The lowest BCUT2D eigenvalue weighted by Gasteiger charge is -2.03. The van der Waals surface area contributed by atoms with Crippen LogP contribution in [-0.2, 0) is 7.05 Å². The molecule has 6 nitrogen and oxygen atoms in total. The second-order valence-electron chi connectivity index (χ2n) is 3.81. The summed E-state index contributed by atoms with van der Waals surface area (Å²) in [5.74, 6) is 1.75. The van der Waals surface area contributed by atoms with E-state index in [0.29, 0.717) is 28.6 Å². The van der Waals surface area contributed by atoms with Gasteiger partial charge in [-0.25, -0.2) is 0 Å². The van der Waals surface area contributed by atoms with Crippen LogP contribution in [0.25, 0.3) is 11.3 Å². The molecule has 1 aromatic carbocycles. The zero-order chi connectivity index (χ0) is 12.0. The van der Waals surface area contributed by atoms with Gasteiger partial charge >= 0.3 is 0 Å². The van der Waals surface area contributed by atoms with Gasteiger partial charge in [0.15, 0.2) is 11.5 Å². The molecular weight excluding hydrogens is 222 g/mol. The minimum Gasteiger partial charge on any atom is -0.508 e. The van der Waals surface area contributed by atoms with E-state index >= 15 is 0 Å². The smallest absolute Gasteiger partial charge is 0.231 e. The SMILES string of the molecule is Cn1nc(-c2cc(O)cc3c2OCO3)cc1N. The van der Waals surface area contributed by atoms with Gasteiger partial charge in [-0.2, -0.15) is 5.10 Å². The third-order valence-corrected chi connectivity index (χ3v) is 2.65. The van der Waals surface area contributed by atoms with Gasteiger partial charge in [-0.3, -0.25) is 4.68 Å². The van der Waals surface area contributed by atoms with E-state index in [0.717, 1.165) is 0 Å². The molecule has 0 saturated heterocycles. The number of fused-ring (bicyclic) bond motifs is 1. The summed E-state index contributed by atoms with van der Waals surface area (Å²) in [5, 5.41) is 13.9. The molecule has 6 heteroatoms. The van der Waals surface area contributed by atoms with E-state index in [4.69, 9.17) is 15.2 Å². The number of aryl methyl sites for hydroxylation is 1. The zero-order valence-electron chi connectivity index (χ0n) is 9.17. The fraction of sp³-hybridized carbons (Fsp3) is 0.182. The highest BCUT2D eigenvalue weighted by Gasteiger charge is 2.22. The highest BCUT2D eigenvalue weighted by molar-refractivity contribution is 5.75. The Morgan fingerprint density at radius 3 is 2.88 bits per heavy atom. The van der Waals surface area contributed by atoms with Crippen LogP contribution in [0.4, 0.5) is 5.82 Å². The van der Waals surface area contributed by atoms with Crippen molar-refractivity contribution in [2.75, 3.05) is 12.5 Å². The summed E-state index contributed by atoms with van der Waals surface area (Å²) in [6, 6.07) is 4.81. The first-order chi connectivity index (χ1) is 8.15. The molecule has 0 bridgehead atoms. The number of hydrogen-bond acceptors (Lipinski definition) is 5. The van der Waals surface area contributed by atoms with Crippen LogP contribution >= 0.6 is 0 Å². The van der Waals surface area contributed by atoms with Gasteiger partial charge in [-0.05, 0) is 6.07 Å². The largest absolute Gasteiger partial charge is 0.508 e. The number of rotatable bonds is 1. The van der Waals surface area contributed by atoms with Crippen molar-refractivity contribution in [3.8, 4) is 28.5 Å². The summed E-state index contributed by atoms with van der Waals surface area (Å²) < 4.78 is 12.2. The minimum atomic E-state index is 0.105. The molecule has 88 valence electrons. The summed E-state index contributed by atoms with van der Waals surface area (Å²) in [5.41, 5.74) is 7.04. The molecule has 1 aromatic heterocycles. The molecule has 0 unspecified atom stereocenters. The predicted molar refractivity (Wildman–Crippen MR) is 60.8 cm³/mol. The van der Waals surface area contributed by atoms with Crippen molar-refractivity contribution < 1.29 is 14.6 Å². The molecule has 17 heavy (non-hydrogen) atoms. The van der Waals surface area contributed by atoms with E-state index in [2.05, 4.69) is 5.10 Å². The Labute approximate surface area is 97.2 Å². The van der Waals surface area contributed by atoms with E-state index in [-0.39, 0.29) is 12.5 Å². The van der Waals surface area contributed by atoms with E-state index in [9.17, 15) is 5.11 Å². The van der Waals surface area contributed by atoms with Crippen molar-refractivity contribution in [1.29, 1.82) is 0 Å². The number of phenolic OH excluding ortho intramolecular Hbond substituents is 1. The maximum atomic E-state index is 9.61. The van der Waals surface area contributed by atoms with Gasteiger partial charge in [0.25, 0.3) is 0 Å². The lowest BCUT2D eigenvalue weighted by molar-refractivity contribution is 0.174. The van der Waals surface area contributed by atoms with Crippen LogP contribution in [-0.4, -0.2) is 21.7 Å². The van der Waals surface area contributed by atoms with Crippen LogP contribution < -0.4 is 15.2 Å². The Morgan fingerprint density at radius 1 is 1.35 bits per heavy atom. The van der Waals surface area contributed by atoms with Crippen molar-refractivity contribution in [2.24, 2.45) is 7.05 Å². The zero-order valence-corrected chi connectivity index (χ0v) is 9.17. The van der Waals surface area contributed by atoms with Gasteiger partial charge in [-0.15, -0.1) is 0 Å². The van der Waals surface area contributed by atoms with Crippen LogP contribution in [0.5, 0.6) is 17.2 Å². The molecule has 0 radical (unpaired) electrons. The highest BCUT2D eigenvalue weighted by atomic mass is 16.7. The Morgan fingerprint density at radius 2 is 2.18 bits per heavy atom. The molecule has 3 rings (SSSR count). The first-order valence-corrected chi connectivity index (χ1v) is 5.07. The van der Waals surface area contributed by atoms with Gasteiger partial charge in [0, 0.05) is 19.2 Å². The topological polar surface area (TPSA) is 82.5 Å². The monoisotopic (exact) mass is 233 g/mol. The molecule has 0 amide bonds. The summed E-state index contributed by atoms with van der Waals surface area (Å²) in [6.07, 6.45) is 0. The van der Waals surface area contributed by atoms with E-state index in [1.165, 1.54) is 6.07 Å². The Kier molecular flexibility index (Phi) is 1.91. The average molecular weight is 233 g/mol. The predicted octanol–water partition coefficient (Wildman–Crippen LogP) is 1.10. The fourth-order valence-corrected chi connectivity index (χ4v) is 1.80. The Bertz CT molecular complexity index is 572. The van der Waals surface area contributed by atoms with E-state index < -0.39 is 0 Å². The highest BCUT2D eigenvalue weighted by Crippen LogP contribution is 2.43. The molecule has 0 spiro atoms. The summed E-state index contributed by atoms with van der Waals surface area (Å²) in [6.45, 7) is 0.147. The Hall–Kier alpha value is -2.37. The van der Waals surface area contributed by atoms with Gasteiger partial charge in [0.2, 0.25) is 6.79 Å². The van der Waals surface area contributed by atoms with Gasteiger partial charge in [0.1, 0.15) is 11.6 Å². The molecule has 2 aromatic rings. The lowest BCUT2D eigenvalue weighted by Crippen LogP contribution is -1.96. The van der Waals surface area contributed by atoms with Crippen LogP contribution in [0.1, 0.15) is 0 Å². The second kappa shape index (κ2) is 3.31. The molecule has 3 N–H and O–H groups in total. The number of nitrogens with two attached hydrogens (primary N) is 1. The van der Waals surface area contributed by atoms with E-state index in [1.807, 2.05) is 0 Å². The Balaban J connectivity index is 2.20. The number of ether oxygens (including phenoxy) is 2. The number of anilines is 1. The normalized spacial score (nSPS) is 13.0. The maximum absolute atomic E-state index is 9.61. The summed E-state index contributed by atoms with van der Waals surface area (Å²) in [7, 11) is 1.75. The molecule has 1 aliphatic rings. The van der Waals surface area contributed by atoms with Crippen molar-refractivity contribution in [2.45, 2.75) is 0 Å². The molecule has 0 aliphatic carbocycles. The molecular formula is C11H11N3O3. The van der Waals surface area contributed by atoms with Gasteiger partial charge in [-0.1, -0.05) is 0 Å². The third-order valence-electron chi connectivity index (χ3n) is 2.65. The second-order valence-corrected chi connectivity index (χ2v) is 3.81. The number of phenols is 1. The maximum Gasteiger partial charge on any atom is 0.231 e. The number of nitrogen functional groups attached to an aromatic ring is 1. The van der Waals surface area contributed by atoms with Gasteiger partial charge in [0.05, 0.1) is 11.3 Å². The lowest BCUT2D eigenvalue weighted by atomic mass is 10.1. The third kappa shape index (κ3) is 1.45. The summed E-state index contributed by atoms with van der Waals surface area (Å²) in [4.78, 5) is 0. The number of aromatic nitrogens is 2. The quantitative estimate of drug-likeness (QED) is 0.770. The number of hydrogen-bond donors (Lipinski definition) is 2. The fourth-order valence-electron chi connectivity index (χ4n) is 1.80. The molecule has 2 heterocycles. The average Bonchev–Trinajstić information content (AvgIpc) is 2.85. The van der Waals surface area contributed by atoms with Crippen molar-refractivity contribution in [3.05, 3.63) is 18.2 Å². The molecule has 0 atom stereocenters. The standard InChI is InChI=1S/C11H11N3O3/c1-14-10(12)4-8(13-14)7-2-6(15)3-9-11(7)17-5-16-9/h2-4,15H,5,12H2,1H3. The van der Waals surface area contributed by atoms with Crippen molar-refractivity contribution >= 4 is 5.82 Å². The first kappa shape index (κ1) is 9.83. The van der Waals surface area contributed by atoms with Crippen LogP contribution in [0, 0.1) is 0 Å². The van der Waals surface area contributed by atoms with Crippen molar-refractivity contribution in [1.82, 2.24) is 9.78 Å². The molecule has 1 aliphatic heterocycles. The molecule has 0 fully saturated rings. The number of nitrogens with zero attached hydrogens (tertiary/aromatic N) is 2. The summed E-state index contributed by atoms with van der Waals surface area (Å²) >= 11 is 0.